The molecule has 4 heteroatoms. The number of pyridine rings is 1. The van der Waals surface area contributed by atoms with Crippen LogP contribution in [0.5, 0.6) is 5.75 Å². The molecule has 2 heterocycles. The molecular formula is C16H25BrN2O. The van der Waals surface area contributed by atoms with Gasteiger partial charge in [-0.2, -0.15) is 0 Å². The number of methoxy groups -OCH3 is 1. The van der Waals surface area contributed by atoms with Gasteiger partial charge in [-0.05, 0) is 39.7 Å². The average Bonchev–Trinajstić information content (AvgIpc) is 2.45. The maximum absolute atomic E-state index is 5.51. The lowest BCUT2D eigenvalue weighted by molar-refractivity contribution is 0.135. The highest BCUT2D eigenvalue weighted by molar-refractivity contribution is 9.09. The van der Waals surface area contributed by atoms with Crippen LogP contribution in [0.3, 0.4) is 0 Å². The van der Waals surface area contributed by atoms with Crippen molar-refractivity contribution in [1.82, 2.24) is 9.88 Å². The normalized spacial score (nSPS) is 20.1. The van der Waals surface area contributed by atoms with E-state index in [1.807, 2.05) is 6.20 Å². The quantitative estimate of drug-likeness (QED) is 0.761. The van der Waals surface area contributed by atoms with Crippen LogP contribution in [-0.4, -0.2) is 34.9 Å². The highest BCUT2D eigenvalue weighted by atomic mass is 79.9. The van der Waals surface area contributed by atoms with Crippen LogP contribution in [0.1, 0.15) is 42.5 Å². The van der Waals surface area contributed by atoms with E-state index in [1.54, 1.807) is 7.11 Å². The molecule has 0 radical (unpaired) electrons. The Morgan fingerprint density at radius 3 is 2.90 bits per heavy atom. The molecule has 1 aliphatic rings. The van der Waals surface area contributed by atoms with Crippen LogP contribution in [-0.2, 0) is 6.54 Å². The number of likely N-dealkylation sites (tertiary alicyclic amines) is 1. The fourth-order valence-corrected chi connectivity index (χ4v) is 3.67. The number of nitrogens with zero attached hydrogens (tertiary/aromatic N) is 2. The van der Waals surface area contributed by atoms with Gasteiger partial charge in [-0.3, -0.25) is 9.88 Å². The van der Waals surface area contributed by atoms with Gasteiger partial charge >= 0.3 is 0 Å². The van der Waals surface area contributed by atoms with E-state index in [-0.39, 0.29) is 0 Å². The van der Waals surface area contributed by atoms with E-state index in [2.05, 4.69) is 39.7 Å². The van der Waals surface area contributed by atoms with E-state index in [0.29, 0.717) is 6.04 Å². The predicted octanol–water partition coefficient (Wildman–Crippen LogP) is 3.85. The number of aryl methyl sites for hydroxylation is 1. The van der Waals surface area contributed by atoms with Gasteiger partial charge in [0.25, 0.3) is 0 Å². The Labute approximate surface area is 130 Å². The number of hydrogen-bond donors (Lipinski definition) is 0. The van der Waals surface area contributed by atoms with Crippen LogP contribution in [0, 0.1) is 13.8 Å². The Morgan fingerprint density at radius 2 is 2.20 bits per heavy atom. The molecule has 112 valence electrons. The summed E-state index contributed by atoms with van der Waals surface area (Å²) in [4.78, 5) is 7.23. The van der Waals surface area contributed by atoms with Crippen LogP contribution in [0.25, 0.3) is 0 Å². The van der Waals surface area contributed by atoms with E-state index in [0.717, 1.165) is 28.9 Å². The molecule has 1 unspecified atom stereocenters. The van der Waals surface area contributed by atoms with E-state index in [1.165, 1.54) is 37.8 Å². The molecule has 20 heavy (non-hydrogen) atoms. The van der Waals surface area contributed by atoms with Crippen molar-refractivity contribution in [2.24, 2.45) is 0 Å². The van der Waals surface area contributed by atoms with Crippen LogP contribution >= 0.6 is 15.9 Å². The maximum atomic E-state index is 5.51. The second-order valence-corrected chi connectivity index (χ2v) is 6.44. The summed E-state index contributed by atoms with van der Waals surface area (Å²) in [5.41, 5.74) is 3.47. The summed E-state index contributed by atoms with van der Waals surface area (Å²) >= 11 is 3.58. The number of hydrogen-bond acceptors (Lipinski definition) is 3. The number of rotatable bonds is 5. The fraction of sp³-hybridized carbons (Fsp3) is 0.688. The summed E-state index contributed by atoms with van der Waals surface area (Å²) in [7, 11) is 1.74. The van der Waals surface area contributed by atoms with Gasteiger partial charge in [-0.1, -0.05) is 22.4 Å². The van der Waals surface area contributed by atoms with Gasteiger partial charge in [-0.25, -0.2) is 0 Å². The van der Waals surface area contributed by atoms with Crippen molar-refractivity contribution in [3.05, 3.63) is 23.0 Å². The molecule has 1 atom stereocenters. The van der Waals surface area contributed by atoms with Gasteiger partial charge in [0.15, 0.2) is 0 Å². The Bertz CT molecular complexity index is 448. The zero-order chi connectivity index (χ0) is 14.5. The van der Waals surface area contributed by atoms with Crippen LogP contribution in [0.15, 0.2) is 6.20 Å². The summed E-state index contributed by atoms with van der Waals surface area (Å²) in [5, 5.41) is 1.08. The van der Waals surface area contributed by atoms with Crippen LogP contribution in [0.4, 0.5) is 0 Å². The fourth-order valence-electron chi connectivity index (χ4n) is 3.14. The molecule has 0 spiro atoms. The minimum absolute atomic E-state index is 0.691. The Balaban J connectivity index is 2.16. The highest BCUT2D eigenvalue weighted by Crippen LogP contribution is 2.27. The van der Waals surface area contributed by atoms with Gasteiger partial charge < -0.3 is 4.74 Å². The van der Waals surface area contributed by atoms with Crippen molar-refractivity contribution in [3.63, 3.8) is 0 Å². The maximum Gasteiger partial charge on any atom is 0.128 e. The lowest BCUT2D eigenvalue weighted by Gasteiger charge is -2.35. The first-order valence-electron chi connectivity index (χ1n) is 7.46. The van der Waals surface area contributed by atoms with Crippen LogP contribution in [0.2, 0.25) is 0 Å². The summed E-state index contributed by atoms with van der Waals surface area (Å²) in [6, 6.07) is 0.691. The zero-order valence-electron chi connectivity index (χ0n) is 12.8. The molecule has 0 bridgehead atoms. The second-order valence-electron chi connectivity index (χ2n) is 5.64. The van der Waals surface area contributed by atoms with Gasteiger partial charge in [0.2, 0.25) is 0 Å². The Hall–Kier alpha value is -0.610. The molecule has 1 aliphatic heterocycles. The molecule has 0 aromatic carbocycles. The number of piperidine rings is 1. The minimum atomic E-state index is 0.691. The first-order chi connectivity index (χ1) is 9.67. The summed E-state index contributed by atoms with van der Waals surface area (Å²) in [6.07, 6.45) is 7.14. The first kappa shape index (κ1) is 15.8. The molecule has 1 aromatic heterocycles. The SMILES string of the molecule is COc1c(C)cnc(CN2CCCCC2CCBr)c1C. The molecular weight excluding hydrogens is 316 g/mol. The van der Waals surface area contributed by atoms with Crippen molar-refractivity contribution >= 4 is 15.9 Å². The lowest BCUT2D eigenvalue weighted by Crippen LogP contribution is -2.39. The molecule has 1 fully saturated rings. The molecule has 0 aliphatic carbocycles. The molecule has 0 amide bonds. The standard InChI is InChI=1S/C16H25BrN2O/c1-12-10-18-15(13(2)16(12)20-3)11-19-9-5-4-6-14(19)7-8-17/h10,14H,4-9,11H2,1-3H3. The summed E-state index contributed by atoms with van der Waals surface area (Å²) < 4.78 is 5.51. The van der Waals surface area contributed by atoms with Crippen molar-refractivity contribution < 1.29 is 4.74 Å². The molecule has 0 saturated carbocycles. The van der Waals surface area contributed by atoms with E-state index in [9.17, 15) is 0 Å². The largest absolute Gasteiger partial charge is 0.496 e. The van der Waals surface area contributed by atoms with Crippen molar-refractivity contribution in [2.75, 3.05) is 19.0 Å². The highest BCUT2D eigenvalue weighted by Gasteiger charge is 2.23. The van der Waals surface area contributed by atoms with Gasteiger partial charge in [-0.15, -0.1) is 0 Å². The predicted molar refractivity (Wildman–Crippen MR) is 86.7 cm³/mol. The van der Waals surface area contributed by atoms with Crippen molar-refractivity contribution in [3.8, 4) is 5.75 Å². The third kappa shape index (κ3) is 3.53. The molecule has 2 rings (SSSR count). The molecule has 1 aromatic rings. The van der Waals surface area contributed by atoms with Gasteiger partial charge in [0.05, 0.1) is 12.8 Å². The Kier molecular flexibility index (Phi) is 5.85. The molecule has 0 N–H and O–H groups in total. The minimum Gasteiger partial charge on any atom is -0.496 e. The number of ether oxygens (including phenoxy) is 1. The zero-order valence-corrected chi connectivity index (χ0v) is 14.4. The Morgan fingerprint density at radius 1 is 1.40 bits per heavy atom. The van der Waals surface area contributed by atoms with E-state index >= 15 is 0 Å². The number of alkyl halides is 1. The first-order valence-corrected chi connectivity index (χ1v) is 8.58. The monoisotopic (exact) mass is 340 g/mol. The number of halogens is 1. The van der Waals surface area contributed by atoms with E-state index in [4.69, 9.17) is 4.74 Å². The van der Waals surface area contributed by atoms with Crippen LogP contribution < -0.4 is 4.74 Å². The van der Waals surface area contributed by atoms with Gasteiger partial charge in [0.1, 0.15) is 5.75 Å². The second kappa shape index (κ2) is 7.41. The molecule has 1 saturated heterocycles. The summed E-state index contributed by atoms with van der Waals surface area (Å²) in [5.74, 6) is 0.990. The van der Waals surface area contributed by atoms with Gasteiger partial charge in [0, 0.05) is 35.2 Å². The van der Waals surface area contributed by atoms with Crippen molar-refractivity contribution in [1.29, 1.82) is 0 Å². The lowest BCUT2D eigenvalue weighted by atomic mass is 9.99. The smallest absolute Gasteiger partial charge is 0.128 e. The third-order valence-electron chi connectivity index (χ3n) is 4.29. The topological polar surface area (TPSA) is 25.4 Å². The van der Waals surface area contributed by atoms with E-state index < -0.39 is 0 Å². The third-order valence-corrected chi connectivity index (χ3v) is 4.75. The summed E-state index contributed by atoms with van der Waals surface area (Å²) in [6.45, 7) is 6.31. The molecule has 3 nitrogen and oxygen atoms in total. The number of aromatic nitrogens is 1. The average molecular weight is 341 g/mol. The van der Waals surface area contributed by atoms with Crippen molar-refractivity contribution in [2.45, 2.75) is 52.1 Å².